The summed E-state index contributed by atoms with van der Waals surface area (Å²) in [6, 6.07) is 15.1. The quantitative estimate of drug-likeness (QED) is 0.434. The molecule has 0 atom stereocenters. The summed E-state index contributed by atoms with van der Waals surface area (Å²) in [5.74, 6) is -0.198. The largest absolute Gasteiger partial charge is 0.463 e. The first-order valence-electron chi connectivity index (χ1n) is 10.2. The molecule has 31 heavy (non-hydrogen) atoms. The van der Waals surface area contributed by atoms with Crippen molar-refractivity contribution < 1.29 is 14.0 Å². The van der Waals surface area contributed by atoms with Gasteiger partial charge in [-0.15, -0.1) is 11.3 Å². The van der Waals surface area contributed by atoms with Crippen LogP contribution >= 0.6 is 11.3 Å². The lowest BCUT2D eigenvalue weighted by Gasteiger charge is -2.18. The van der Waals surface area contributed by atoms with Crippen LogP contribution in [0.1, 0.15) is 45.0 Å². The molecule has 0 aliphatic carbocycles. The molecule has 7 heteroatoms. The third-order valence-corrected chi connectivity index (χ3v) is 6.04. The number of anilines is 1. The molecular formula is C24H23N3O3S. The Hall–Kier alpha value is -3.45. The third-order valence-electron chi connectivity index (χ3n) is 5.13. The molecule has 2 aromatic heterocycles. The molecule has 4 rings (SSSR count). The second kappa shape index (κ2) is 9.14. The summed E-state index contributed by atoms with van der Waals surface area (Å²) < 4.78 is 5.44. The maximum Gasteiger partial charge on any atom is 0.261 e. The minimum Gasteiger partial charge on any atom is -0.463 e. The lowest BCUT2D eigenvalue weighted by molar-refractivity contribution is 0.0772. The van der Waals surface area contributed by atoms with E-state index in [-0.39, 0.29) is 11.8 Å². The van der Waals surface area contributed by atoms with Crippen molar-refractivity contribution in [2.24, 2.45) is 0 Å². The van der Waals surface area contributed by atoms with Gasteiger partial charge >= 0.3 is 0 Å². The number of amides is 2. The van der Waals surface area contributed by atoms with Crippen LogP contribution in [0.4, 0.5) is 5.13 Å². The van der Waals surface area contributed by atoms with Crippen LogP contribution in [0.5, 0.6) is 0 Å². The van der Waals surface area contributed by atoms with E-state index in [1.165, 1.54) is 17.6 Å². The summed E-state index contributed by atoms with van der Waals surface area (Å²) in [4.78, 5) is 32.2. The molecule has 158 valence electrons. The molecule has 6 nitrogen and oxygen atoms in total. The summed E-state index contributed by atoms with van der Waals surface area (Å²) in [5, 5.41) is 4.16. The highest BCUT2D eigenvalue weighted by molar-refractivity contribution is 7.15. The predicted molar refractivity (Wildman–Crippen MR) is 123 cm³/mol. The first-order valence-corrected chi connectivity index (χ1v) is 11.0. The smallest absolute Gasteiger partial charge is 0.261 e. The van der Waals surface area contributed by atoms with E-state index in [0.717, 1.165) is 15.8 Å². The number of benzene rings is 2. The van der Waals surface area contributed by atoms with Crippen LogP contribution in [0.15, 0.2) is 65.4 Å². The summed E-state index contributed by atoms with van der Waals surface area (Å²) >= 11 is 1.43. The van der Waals surface area contributed by atoms with Crippen LogP contribution in [0.25, 0.3) is 11.0 Å². The lowest BCUT2D eigenvalue weighted by atomic mass is 10.1. The fourth-order valence-corrected chi connectivity index (χ4v) is 4.27. The number of carbonyl (C=O) groups is 2. The zero-order valence-corrected chi connectivity index (χ0v) is 18.2. The third kappa shape index (κ3) is 4.51. The van der Waals surface area contributed by atoms with E-state index in [0.29, 0.717) is 41.4 Å². The minimum absolute atomic E-state index is 0.0473. The summed E-state index contributed by atoms with van der Waals surface area (Å²) in [6.07, 6.45) is 3.92. The number of fused-ring (bicyclic) bond motifs is 1. The predicted octanol–water partition coefficient (Wildman–Crippen LogP) is 5.21. The number of rotatable bonds is 7. The van der Waals surface area contributed by atoms with E-state index in [2.05, 4.69) is 10.3 Å². The van der Waals surface area contributed by atoms with Crippen LogP contribution in [0.2, 0.25) is 0 Å². The highest BCUT2D eigenvalue weighted by atomic mass is 32.1. The SMILES string of the molecule is CCN(CC)C(=O)c1ccc(Cc2cnc(NC(=O)c3coc4ccccc34)s2)cc1. The molecule has 0 aliphatic heterocycles. The highest BCUT2D eigenvalue weighted by Gasteiger charge is 2.16. The van der Waals surface area contributed by atoms with E-state index in [9.17, 15) is 9.59 Å². The number of carbonyl (C=O) groups excluding carboxylic acids is 2. The van der Waals surface area contributed by atoms with E-state index >= 15 is 0 Å². The second-order valence-corrected chi connectivity index (χ2v) is 8.20. The zero-order chi connectivity index (χ0) is 21.8. The Labute approximate surface area is 184 Å². The van der Waals surface area contributed by atoms with E-state index in [1.54, 1.807) is 11.1 Å². The average Bonchev–Trinajstić information content (AvgIpc) is 3.42. The van der Waals surface area contributed by atoms with Crippen LogP contribution in [0.3, 0.4) is 0 Å². The molecular weight excluding hydrogens is 410 g/mol. The van der Waals surface area contributed by atoms with Gasteiger partial charge in [0.1, 0.15) is 11.8 Å². The maximum atomic E-state index is 12.6. The van der Waals surface area contributed by atoms with E-state index in [1.807, 2.05) is 62.4 Å². The highest BCUT2D eigenvalue weighted by Crippen LogP contribution is 2.25. The first-order chi connectivity index (χ1) is 15.1. The lowest BCUT2D eigenvalue weighted by Crippen LogP contribution is -2.30. The molecule has 0 aliphatic rings. The van der Waals surface area contributed by atoms with Crippen molar-refractivity contribution in [1.29, 1.82) is 0 Å². The summed E-state index contributed by atoms with van der Waals surface area (Å²) in [7, 11) is 0. The van der Waals surface area contributed by atoms with Crippen molar-refractivity contribution in [3.8, 4) is 0 Å². The number of para-hydroxylation sites is 1. The van der Waals surface area contributed by atoms with Crippen molar-refractivity contribution >= 4 is 39.3 Å². The van der Waals surface area contributed by atoms with Crippen molar-refractivity contribution in [1.82, 2.24) is 9.88 Å². The molecule has 0 spiro atoms. The number of aromatic nitrogens is 1. The van der Waals surface area contributed by atoms with Crippen molar-refractivity contribution in [3.05, 3.63) is 82.6 Å². The maximum absolute atomic E-state index is 12.6. The molecule has 0 unspecified atom stereocenters. The second-order valence-electron chi connectivity index (χ2n) is 7.08. The molecule has 2 aromatic carbocycles. The molecule has 4 aromatic rings. The molecule has 0 saturated carbocycles. The van der Waals surface area contributed by atoms with Crippen LogP contribution < -0.4 is 5.32 Å². The average molecular weight is 434 g/mol. The Bertz CT molecular complexity index is 1210. The van der Waals surface area contributed by atoms with Gasteiger partial charge < -0.3 is 9.32 Å². The van der Waals surface area contributed by atoms with Gasteiger partial charge in [0, 0.05) is 41.5 Å². The van der Waals surface area contributed by atoms with Gasteiger partial charge in [0.05, 0.1) is 5.56 Å². The fourth-order valence-electron chi connectivity index (χ4n) is 3.42. The van der Waals surface area contributed by atoms with Crippen molar-refractivity contribution in [2.45, 2.75) is 20.3 Å². The number of hydrogen-bond acceptors (Lipinski definition) is 5. The van der Waals surface area contributed by atoms with Crippen LogP contribution in [0, 0.1) is 0 Å². The normalized spacial score (nSPS) is 10.9. The van der Waals surface area contributed by atoms with Gasteiger partial charge in [-0.1, -0.05) is 30.3 Å². The molecule has 2 amide bonds. The van der Waals surface area contributed by atoms with Gasteiger partial charge in [-0.25, -0.2) is 4.98 Å². The van der Waals surface area contributed by atoms with E-state index in [4.69, 9.17) is 4.42 Å². The molecule has 0 fully saturated rings. The Kier molecular flexibility index (Phi) is 6.13. The van der Waals surface area contributed by atoms with Crippen molar-refractivity contribution in [3.63, 3.8) is 0 Å². The Morgan fingerprint density at radius 3 is 2.55 bits per heavy atom. The fraction of sp³-hybridized carbons (Fsp3) is 0.208. The van der Waals surface area contributed by atoms with Gasteiger partial charge in [-0.2, -0.15) is 0 Å². The van der Waals surface area contributed by atoms with Gasteiger partial charge in [0.2, 0.25) is 0 Å². The van der Waals surface area contributed by atoms with Gasteiger partial charge in [-0.05, 0) is 37.6 Å². The number of nitrogens with zero attached hydrogens (tertiary/aromatic N) is 2. The van der Waals surface area contributed by atoms with Gasteiger partial charge in [0.15, 0.2) is 5.13 Å². The first kappa shape index (κ1) is 20.8. The molecule has 0 radical (unpaired) electrons. The molecule has 1 N–H and O–H groups in total. The number of furan rings is 1. The van der Waals surface area contributed by atoms with Gasteiger partial charge in [0.25, 0.3) is 11.8 Å². The topological polar surface area (TPSA) is 75.4 Å². The Morgan fingerprint density at radius 2 is 1.81 bits per heavy atom. The Morgan fingerprint density at radius 1 is 1.06 bits per heavy atom. The van der Waals surface area contributed by atoms with Gasteiger partial charge in [-0.3, -0.25) is 14.9 Å². The van der Waals surface area contributed by atoms with Crippen molar-refractivity contribution in [2.75, 3.05) is 18.4 Å². The summed E-state index contributed by atoms with van der Waals surface area (Å²) in [5.41, 5.74) is 2.94. The monoisotopic (exact) mass is 433 g/mol. The van der Waals surface area contributed by atoms with E-state index < -0.39 is 0 Å². The standard InChI is InChI=1S/C24H23N3O3S/c1-3-27(4-2)23(29)17-11-9-16(10-12-17)13-18-14-25-24(31-18)26-22(28)20-15-30-21-8-6-5-7-19(20)21/h5-12,14-15H,3-4,13H2,1-2H3,(H,25,26,28). The van der Waals surface area contributed by atoms with Crippen LogP contribution in [-0.4, -0.2) is 34.8 Å². The number of thiazole rings is 1. The minimum atomic E-state index is -0.245. The summed E-state index contributed by atoms with van der Waals surface area (Å²) in [6.45, 7) is 5.35. The Balaban J connectivity index is 1.41. The van der Waals surface area contributed by atoms with Crippen LogP contribution in [-0.2, 0) is 6.42 Å². The molecule has 0 saturated heterocycles. The zero-order valence-electron chi connectivity index (χ0n) is 17.4. The molecule has 2 heterocycles. The number of hydrogen-bond donors (Lipinski definition) is 1. The molecule has 0 bridgehead atoms. The number of nitrogens with one attached hydrogen (secondary N) is 1.